The average Bonchev–Trinajstić information content (AvgIpc) is 3.05. The Bertz CT molecular complexity index is 912. The molecule has 0 bridgehead atoms. The summed E-state index contributed by atoms with van der Waals surface area (Å²) in [5, 5.41) is 0. The van der Waals surface area contributed by atoms with Crippen molar-refractivity contribution in [1.29, 1.82) is 0 Å². The number of hydrogen-bond acceptors (Lipinski definition) is 4. The number of rotatable bonds is 4. The zero-order valence-corrected chi connectivity index (χ0v) is 15.2. The van der Waals surface area contributed by atoms with Gasteiger partial charge in [0.15, 0.2) is 9.84 Å². The lowest BCUT2D eigenvalue weighted by Crippen LogP contribution is -2.37. The number of benzene rings is 2. The van der Waals surface area contributed by atoms with Gasteiger partial charge in [0.25, 0.3) is 0 Å². The lowest BCUT2D eigenvalue weighted by Gasteiger charge is -2.22. The maximum atomic E-state index is 13.2. The quantitative estimate of drug-likeness (QED) is 0.774. The first-order chi connectivity index (χ1) is 12.5. The summed E-state index contributed by atoms with van der Waals surface area (Å²) in [4.78, 5) is 16.4. The maximum absolute atomic E-state index is 13.2. The second-order valence-corrected chi connectivity index (χ2v) is 8.65. The fourth-order valence-corrected chi connectivity index (χ4v) is 5.68. The van der Waals surface area contributed by atoms with E-state index < -0.39 is 9.84 Å². The fraction of sp³-hybridized carbons (Fsp3) is 0.316. The van der Waals surface area contributed by atoms with Gasteiger partial charge in [0, 0.05) is 11.4 Å². The van der Waals surface area contributed by atoms with Crippen LogP contribution in [0.15, 0.2) is 54.6 Å². The third kappa shape index (κ3) is 2.82. The average molecular weight is 372 g/mol. The Morgan fingerprint density at radius 2 is 1.46 bits per heavy atom. The first kappa shape index (κ1) is 16.9. The minimum absolute atomic E-state index is 0.00810. The third-order valence-electron chi connectivity index (χ3n) is 4.83. The standard InChI is InChI=1S/C19H20N2O4S/c1-2-25-16-10-8-15(9-11-16)21-18-13-26(23,24)12-17(18)20(19(21)22)14-6-4-3-5-7-14/h3-11,17-18H,2,12-13H2,1H3/t17-,18+/m0/s1. The van der Waals surface area contributed by atoms with Crippen molar-refractivity contribution in [1.82, 2.24) is 0 Å². The number of nitrogens with zero attached hydrogens (tertiary/aromatic N) is 2. The van der Waals surface area contributed by atoms with Crippen molar-refractivity contribution in [2.24, 2.45) is 0 Å². The zero-order valence-electron chi connectivity index (χ0n) is 14.4. The number of urea groups is 1. The molecule has 2 aromatic carbocycles. The minimum atomic E-state index is -3.19. The number of carbonyl (C=O) groups excluding carboxylic acids is 1. The maximum Gasteiger partial charge on any atom is 0.329 e. The first-order valence-electron chi connectivity index (χ1n) is 8.61. The Kier molecular flexibility index (Phi) is 4.11. The molecule has 0 saturated carbocycles. The molecule has 0 unspecified atom stereocenters. The van der Waals surface area contributed by atoms with Gasteiger partial charge in [0.1, 0.15) is 5.75 Å². The molecule has 2 aliphatic heterocycles. The molecule has 2 amide bonds. The number of anilines is 2. The second-order valence-electron chi connectivity index (χ2n) is 6.50. The van der Waals surface area contributed by atoms with Crippen molar-refractivity contribution in [2.45, 2.75) is 19.0 Å². The predicted octanol–water partition coefficient (Wildman–Crippen LogP) is 2.70. The van der Waals surface area contributed by atoms with E-state index in [4.69, 9.17) is 4.74 Å². The van der Waals surface area contributed by atoms with Gasteiger partial charge in [-0.25, -0.2) is 13.2 Å². The largest absolute Gasteiger partial charge is 0.494 e. The Labute approximate surface area is 152 Å². The fourth-order valence-electron chi connectivity index (χ4n) is 3.77. The highest BCUT2D eigenvalue weighted by Crippen LogP contribution is 2.38. The van der Waals surface area contributed by atoms with Crippen molar-refractivity contribution >= 4 is 27.2 Å². The molecule has 0 aromatic heterocycles. The van der Waals surface area contributed by atoms with E-state index in [1.165, 1.54) is 0 Å². The number of fused-ring (bicyclic) bond motifs is 1. The molecule has 4 rings (SSSR count). The summed E-state index contributed by atoms with van der Waals surface area (Å²) in [5.41, 5.74) is 1.40. The molecule has 0 aliphatic carbocycles. The van der Waals surface area contributed by atoms with E-state index in [-0.39, 0.29) is 29.6 Å². The minimum Gasteiger partial charge on any atom is -0.494 e. The molecule has 2 atom stereocenters. The van der Waals surface area contributed by atoms with E-state index in [1.54, 1.807) is 34.1 Å². The summed E-state index contributed by atoms with van der Waals surface area (Å²) in [7, 11) is -3.19. The molecule has 2 fully saturated rings. The Morgan fingerprint density at radius 1 is 0.923 bits per heavy atom. The molecule has 0 radical (unpaired) electrons. The molecule has 136 valence electrons. The summed E-state index contributed by atoms with van der Waals surface area (Å²) in [6.45, 7) is 2.47. The van der Waals surface area contributed by atoms with E-state index >= 15 is 0 Å². The number of sulfone groups is 1. The molecule has 0 spiro atoms. The Hall–Kier alpha value is -2.54. The van der Waals surface area contributed by atoms with Gasteiger partial charge in [-0.3, -0.25) is 9.80 Å². The normalized spacial score (nSPS) is 24.0. The van der Waals surface area contributed by atoms with Gasteiger partial charge in [0.2, 0.25) is 0 Å². The number of ether oxygens (including phenoxy) is 1. The van der Waals surface area contributed by atoms with E-state index in [0.29, 0.717) is 12.3 Å². The number of carbonyl (C=O) groups is 1. The third-order valence-corrected chi connectivity index (χ3v) is 6.53. The summed E-state index contributed by atoms with van der Waals surface area (Å²) in [5.74, 6) is 0.699. The van der Waals surface area contributed by atoms with Crippen LogP contribution in [0.3, 0.4) is 0 Å². The number of hydrogen-bond donors (Lipinski definition) is 0. The smallest absolute Gasteiger partial charge is 0.329 e. The van der Waals surface area contributed by atoms with E-state index in [9.17, 15) is 13.2 Å². The SMILES string of the molecule is CCOc1ccc(N2C(=O)N(c3ccccc3)[C@H]3CS(=O)(=O)C[C@H]32)cc1. The van der Waals surface area contributed by atoms with Crippen LogP contribution in [0.5, 0.6) is 5.75 Å². The van der Waals surface area contributed by atoms with Crippen LogP contribution in [0.4, 0.5) is 16.2 Å². The molecular weight excluding hydrogens is 352 g/mol. The summed E-state index contributed by atoms with van der Waals surface area (Å²) < 4.78 is 30.0. The van der Waals surface area contributed by atoms with Crippen LogP contribution < -0.4 is 14.5 Å². The van der Waals surface area contributed by atoms with Gasteiger partial charge in [-0.15, -0.1) is 0 Å². The molecule has 2 aromatic rings. The van der Waals surface area contributed by atoms with Gasteiger partial charge in [-0.2, -0.15) is 0 Å². The van der Waals surface area contributed by atoms with Crippen molar-refractivity contribution in [3.8, 4) is 5.75 Å². The highest BCUT2D eigenvalue weighted by atomic mass is 32.2. The van der Waals surface area contributed by atoms with Crippen LogP contribution in [-0.4, -0.2) is 44.6 Å². The van der Waals surface area contributed by atoms with E-state index in [1.807, 2.05) is 37.3 Å². The van der Waals surface area contributed by atoms with E-state index in [0.717, 1.165) is 11.4 Å². The zero-order chi connectivity index (χ0) is 18.3. The first-order valence-corrected chi connectivity index (χ1v) is 10.4. The van der Waals surface area contributed by atoms with Crippen molar-refractivity contribution < 1.29 is 17.9 Å². The molecular formula is C19H20N2O4S. The highest BCUT2D eigenvalue weighted by molar-refractivity contribution is 7.91. The second kappa shape index (κ2) is 6.32. The Balaban J connectivity index is 1.73. The molecule has 7 heteroatoms. The van der Waals surface area contributed by atoms with Gasteiger partial charge >= 0.3 is 6.03 Å². The molecule has 0 N–H and O–H groups in total. The van der Waals surface area contributed by atoms with Gasteiger partial charge < -0.3 is 4.74 Å². The summed E-state index contributed by atoms with van der Waals surface area (Å²) >= 11 is 0. The number of amides is 2. The van der Waals surface area contributed by atoms with Gasteiger partial charge in [-0.1, -0.05) is 18.2 Å². The Morgan fingerprint density at radius 3 is 2.00 bits per heavy atom. The highest BCUT2D eigenvalue weighted by Gasteiger charge is 2.54. The summed E-state index contributed by atoms with van der Waals surface area (Å²) in [6.07, 6.45) is 0. The van der Waals surface area contributed by atoms with E-state index in [2.05, 4.69) is 0 Å². The predicted molar refractivity (Wildman–Crippen MR) is 101 cm³/mol. The molecule has 26 heavy (non-hydrogen) atoms. The van der Waals surface area contributed by atoms with Crippen LogP contribution in [0.1, 0.15) is 6.92 Å². The molecule has 6 nitrogen and oxygen atoms in total. The topological polar surface area (TPSA) is 66.9 Å². The lowest BCUT2D eigenvalue weighted by molar-refractivity contribution is 0.255. The molecule has 2 aliphatic rings. The van der Waals surface area contributed by atoms with Gasteiger partial charge in [0.05, 0.1) is 30.2 Å². The number of para-hydroxylation sites is 1. The summed E-state index contributed by atoms with van der Waals surface area (Å²) in [6, 6.07) is 15.5. The van der Waals surface area contributed by atoms with Crippen molar-refractivity contribution in [2.75, 3.05) is 27.9 Å². The van der Waals surface area contributed by atoms with Crippen LogP contribution in [0.2, 0.25) is 0 Å². The van der Waals surface area contributed by atoms with Gasteiger partial charge in [-0.05, 0) is 43.3 Å². The van der Waals surface area contributed by atoms with Crippen LogP contribution >= 0.6 is 0 Å². The van der Waals surface area contributed by atoms with Crippen LogP contribution in [0, 0.1) is 0 Å². The van der Waals surface area contributed by atoms with Crippen molar-refractivity contribution in [3.63, 3.8) is 0 Å². The van der Waals surface area contributed by atoms with Crippen molar-refractivity contribution in [3.05, 3.63) is 54.6 Å². The molecule has 2 heterocycles. The van der Waals surface area contributed by atoms with Crippen LogP contribution in [0.25, 0.3) is 0 Å². The lowest BCUT2D eigenvalue weighted by atomic mass is 10.1. The van der Waals surface area contributed by atoms with Crippen LogP contribution in [-0.2, 0) is 9.84 Å². The molecule has 2 saturated heterocycles. The monoisotopic (exact) mass is 372 g/mol.